The van der Waals surface area contributed by atoms with Gasteiger partial charge in [0.2, 0.25) is 0 Å². The first-order valence-corrected chi connectivity index (χ1v) is 6.16. The SMILES string of the molecule is COCCNCc1cnc(-c2ccc(F)c(F)c2)nc1. The van der Waals surface area contributed by atoms with Gasteiger partial charge in [0, 0.05) is 43.7 Å². The molecule has 0 aliphatic rings. The predicted molar refractivity (Wildman–Crippen MR) is 71.0 cm³/mol. The van der Waals surface area contributed by atoms with Gasteiger partial charge in [-0.1, -0.05) is 0 Å². The lowest BCUT2D eigenvalue weighted by molar-refractivity contribution is 0.199. The Morgan fingerprint density at radius 3 is 2.55 bits per heavy atom. The molecule has 0 spiro atoms. The zero-order valence-electron chi connectivity index (χ0n) is 11.1. The van der Waals surface area contributed by atoms with Crippen molar-refractivity contribution < 1.29 is 13.5 Å². The van der Waals surface area contributed by atoms with E-state index in [-0.39, 0.29) is 0 Å². The Hall–Kier alpha value is -1.92. The summed E-state index contributed by atoms with van der Waals surface area (Å²) in [5.41, 5.74) is 1.36. The Balaban J connectivity index is 2.02. The van der Waals surface area contributed by atoms with Gasteiger partial charge in [0.25, 0.3) is 0 Å². The van der Waals surface area contributed by atoms with Gasteiger partial charge in [-0.15, -0.1) is 0 Å². The van der Waals surface area contributed by atoms with E-state index >= 15 is 0 Å². The fourth-order valence-electron chi connectivity index (χ4n) is 1.64. The number of nitrogens with zero attached hydrogens (tertiary/aromatic N) is 2. The van der Waals surface area contributed by atoms with Gasteiger partial charge in [-0.05, 0) is 18.2 Å². The molecule has 0 saturated heterocycles. The minimum absolute atomic E-state index is 0.365. The first kappa shape index (κ1) is 14.5. The van der Waals surface area contributed by atoms with Crippen LogP contribution >= 0.6 is 0 Å². The van der Waals surface area contributed by atoms with Gasteiger partial charge in [0.15, 0.2) is 17.5 Å². The second-order valence-electron chi connectivity index (χ2n) is 4.21. The van der Waals surface area contributed by atoms with Crippen molar-refractivity contribution in [3.8, 4) is 11.4 Å². The maximum atomic E-state index is 13.1. The lowest BCUT2D eigenvalue weighted by Gasteiger charge is -2.05. The molecule has 20 heavy (non-hydrogen) atoms. The highest BCUT2D eigenvalue weighted by atomic mass is 19.2. The molecule has 0 bridgehead atoms. The van der Waals surface area contributed by atoms with Crippen LogP contribution in [-0.2, 0) is 11.3 Å². The van der Waals surface area contributed by atoms with Crippen molar-refractivity contribution in [2.24, 2.45) is 0 Å². The molecule has 1 aromatic carbocycles. The van der Waals surface area contributed by atoms with Crippen LogP contribution in [0.5, 0.6) is 0 Å². The molecule has 2 rings (SSSR count). The lowest BCUT2D eigenvalue weighted by Crippen LogP contribution is -2.18. The summed E-state index contributed by atoms with van der Waals surface area (Å²) in [5, 5.41) is 3.16. The molecule has 2 aromatic rings. The van der Waals surface area contributed by atoms with Crippen LogP contribution in [-0.4, -0.2) is 30.2 Å². The number of aromatic nitrogens is 2. The summed E-state index contributed by atoms with van der Waals surface area (Å²) in [7, 11) is 1.64. The zero-order chi connectivity index (χ0) is 14.4. The highest BCUT2D eigenvalue weighted by Crippen LogP contribution is 2.17. The van der Waals surface area contributed by atoms with E-state index in [0.29, 0.717) is 24.5 Å². The molecule has 0 radical (unpaired) electrons. The third kappa shape index (κ3) is 3.79. The third-order valence-corrected chi connectivity index (χ3v) is 2.70. The predicted octanol–water partition coefficient (Wildman–Crippen LogP) is 2.16. The van der Waals surface area contributed by atoms with Crippen LogP contribution in [0.1, 0.15) is 5.56 Å². The number of nitrogens with one attached hydrogen (secondary N) is 1. The van der Waals surface area contributed by atoms with E-state index in [2.05, 4.69) is 15.3 Å². The number of rotatable bonds is 6. The Morgan fingerprint density at radius 1 is 1.15 bits per heavy atom. The number of methoxy groups -OCH3 is 1. The Bertz CT molecular complexity index is 561. The van der Waals surface area contributed by atoms with E-state index in [0.717, 1.165) is 24.2 Å². The van der Waals surface area contributed by atoms with Gasteiger partial charge in [-0.25, -0.2) is 18.7 Å². The van der Waals surface area contributed by atoms with E-state index in [1.165, 1.54) is 6.07 Å². The van der Waals surface area contributed by atoms with Gasteiger partial charge < -0.3 is 10.1 Å². The van der Waals surface area contributed by atoms with Gasteiger partial charge in [0.1, 0.15) is 0 Å². The number of halogens is 2. The molecule has 4 nitrogen and oxygen atoms in total. The average Bonchev–Trinajstić information content (AvgIpc) is 2.47. The molecule has 0 unspecified atom stereocenters. The van der Waals surface area contributed by atoms with Crippen molar-refractivity contribution in [3.05, 3.63) is 47.8 Å². The van der Waals surface area contributed by atoms with Crippen molar-refractivity contribution >= 4 is 0 Å². The summed E-state index contributed by atoms with van der Waals surface area (Å²) in [4.78, 5) is 8.29. The topological polar surface area (TPSA) is 47.0 Å². The highest BCUT2D eigenvalue weighted by Gasteiger charge is 2.06. The van der Waals surface area contributed by atoms with Gasteiger partial charge in [-0.3, -0.25) is 0 Å². The Kier molecular flexibility index (Phi) is 5.09. The molecule has 1 N–H and O–H groups in total. The van der Waals surface area contributed by atoms with Crippen LogP contribution in [0.25, 0.3) is 11.4 Å². The Labute approximate surface area is 115 Å². The molecule has 0 atom stereocenters. The van der Waals surface area contributed by atoms with Crippen molar-refractivity contribution in [1.29, 1.82) is 0 Å². The molecule has 106 valence electrons. The van der Waals surface area contributed by atoms with Crippen molar-refractivity contribution in [2.45, 2.75) is 6.54 Å². The van der Waals surface area contributed by atoms with E-state index in [4.69, 9.17) is 4.74 Å². The first-order valence-electron chi connectivity index (χ1n) is 6.16. The number of hydrogen-bond acceptors (Lipinski definition) is 4. The van der Waals surface area contributed by atoms with E-state index in [9.17, 15) is 8.78 Å². The molecule has 6 heteroatoms. The van der Waals surface area contributed by atoms with Gasteiger partial charge >= 0.3 is 0 Å². The van der Waals surface area contributed by atoms with Crippen LogP contribution in [0, 0.1) is 11.6 Å². The molecule has 0 saturated carbocycles. The highest BCUT2D eigenvalue weighted by molar-refractivity contribution is 5.54. The van der Waals surface area contributed by atoms with Gasteiger partial charge in [0.05, 0.1) is 6.61 Å². The molecule has 0 fully saturated rings. The van der Waals surface area contributed by atoms with Crippen LogP contribution in [0.15, 0.2) is 30.6 Å². The molecular weight excluding hydrogens is 264 g/mol. The Morgan fingerprint density at radius 2 is 1.90 bits per heavy atom. The van der Waals surface area contributed by atoms with Crippen molar-refractivity contribution in [2.75, 3.05) is 20.3 Å². The first-order chi connectivity index (χ1) is 9.70. The molecular formula is C14H15F2N3O. The molecule has 1 heterocycles. The second-order valence-corrected chi connectivity index (χ2v) is 4.21. The lowest BCUT2D eigenvalue weighted by atomic mass is 10.2. The summed E-state index contributed by atoms with van der Waals surface area (Å²) >= 11 is 0. The smallest absolute Gasteiger partial charge is 0.159 e. The molecule has 0 aliphatic carbocycles. The monoisotopic (exact) mass is 279 g/mol. The second kappa shape index (κ2) is 7.02. The summed E-state index contributed by atoms with van der Waals surface area (Å²) in [5.74, 6) is -1.42. The average molecular weight is 279 g/mol. The molecule has 0 amide bonds. The molecule has 1 aromatic heterocycles. The summed E-state index contributed by atoms with van der Waals surface area (Å²) < 4.78 is 30.9. The van der Waals surface area contributed by atoms with E-state index in [1.807, 2.05) is 0 Å². The number of benzene rings is 1. The molecule has 0 aliphatic heterocycles. The van der Waals surface area contributed by atoms with E-state index in [1.54, 1.807) is 19.5 Å². The number of ether oxygens (including phenoxy) is 1. The van der Waals surface area contributed by atoms with Gasteiger partial charge in [-0.2, -0.15) is 0 Å². The third-order valence-electron chi connectivity index (χ3n) is 2.70. The van der Waals surface area contributed by atoms with Crippen LogP contribution in [0.3, 0.4) is 0 Å². The fraction of sp³-hybridized carbons (Fsp3) is 0.286. The van der Waals surface area contributed by atoms with Crippen molar-refractivity contribution in [1.82, 2.24) is 15.3 Å². The normalized spacial score (nSPS) is 10.8. The van der Waals surface area contributed by atoms with Crippen LogP contribution in [0.2, 0.25) is 0 Å². The maximum absolute atomic E-state index is 13.1. The van der Waals surface area contributed by atoms with Crippen LogP contribution < -0.4 is 5.32 Å². The summed E-state index contributed by atoms with van der Waals surface area (Å²) in [6.07, 6.45) is 3.31. The minimum Gasteiger partial charge on any atom is -0.383 e. The maximum Gasteiger partial charge on any atom is 0.159 e. The van der Waals surface area contributed by atoms with Crippen LogP contribution in [0.4, 0.5) is 8.78 Å². The quantitative estimate of drug-likeness (QED) is 0.823. The minimum atomic E-state index is -0.906. The fourth-order valence-corrected chi connectivity index (χ4v) is 1.64. The summed E-state index contributed by atoms with van der Waals surface area (Å²) in [6.45, 7) is 2.00. The largest absolute Gasteiger partial charge is 0.383 e. The standard InChI is InChI=1S/C14H15F2N3O/c1-20-5-4-17-7-10-8-18-14(19-9-10)11-2-3-12(15)13(16)6-11/h2-3,6,8-9,17H,4-5,7H2,1H3. The zero-order valence-corrected chi connectivity index (χ0v) is 11.1. The van der Waals surface area contributed by atoms with E-state index < -0.39 is 11.6 Å². The summed E-state index contributed by atoms with van der Waals surface area (Å²) in [6, 6.07) is 3.60. The van der Waals surface area contributed by atoms with Crippen molar-refractivity contribution in [3.63, 3.8) is 0 Å². The number of hydrogen-bond donors (Lipinski definition) is 1.